The monoisotopic (exact) mass is 946 g/mol. The van der Waals surface area contributed by atoms with E-state index >= 15 is 0 Å². The SMILES string of the molecule is CO[C@H]1[C@H](OC)[C@H](O[C@@H]2[C@@H](OC)[C@H](O[C@H]3C[C@H]4CC(=O)[C@]5(O)O[C@H](C[C@H]5C)C(C)(C)[C@H](/C=C/I)OC(=O)C[C@H](O4)[C@@H]3C)OC[C@H]2OC)O[C@@H](C)[C@H]1OCc1ccccc1. The third-order valence-corrected chi connectivity index (χ3v) is 13.4. The van der Waals surface area contributed by atoms with Gasteiger partial charge in [-0.3, -0.25) is 9.59 Å². The van der Waals surface area contributed by atoms with Crippen molar-refractivity contribution in [3.63, 3.8) is 0 Å². The van der Waals surface area contributed by atoms with E-state index in [1.54, 1.807) is 38.4 Å². The Hall–Kier alpha value is -1.65. The first-order chi connectivity index (χ1) is 28.2. The summed E-state index contributed by atoms with van der Waals surface area (Å²) >= 11 is 2.08. The van der Waals surface area contributed by atoms with Gasteiger partial charge in [0.25, 0.3) is 0 Å². The second-order valence-corrected chi connectivity index (χ2v) is 17.8. The minimum Gasteiger partial charge on any atom is -0.457 e. The third kappa shape index (κ3) is 10.1. The highest BCUT2D eigenvalue weighted by Gasteiger charge is 2.57. The van der Waals surface area contributed by atoms with E-state index in [-0.39, 0.29) is 31.8 Å². The van der Waals surface area contributed by atoms with Crippen molar-refractivity contribution in [2.24, 2.45) is 17.3 Å². The van der Waals surface area contributed by atoms with E-state index in [0.29, 0.717) is 13.0 Å². The van der Waals surface area contributed by atoms with Crippen LogP contribution in [0.15, 0.2) is 40.5 Å². The van der Waals surface area contributed by atoms with Crippen LogP contribution >= 0.6 is 22.6 Å². The van der Waals surface area contributed by atoms with Crippen molar-refractivity contribution in [2.45, 2.75) is 159 Å². The number of halogens is 1. The normalized spacial score (nSPS) is 43.1. The van der Waals surface area contributed by atoms with Crippen LogP contribution < -0.4 is 0 Å². The Kier molecular flexibility index (Phi) is 16.1. The molecule has 0 aromatic heterocycles. The number of cyclic esters (lactones) is 1. The molecule has 5 aliphatic heterocycles. The fraction of sp³-hybridized carbons (Fsp3) is 0.767. The zero-order valence-electron chi connectivity index (χ0n) is 35.6. The maximum absolute atomic E-state index is 14.0. The van der Waals surface area contributed by atoms with Gasteiger partial charge in [0.1, 0.15) is 42.7 Å². The van der Waals surface area contributed by atoms with Crippen molar-refractivity contribution < 1.29 is 71.5 Å². The number of carbonyl (C=O) groups excluding carboxylic acids is 2. The molecule has 0 amide bonds. The lowest BCUT2D eigenvalue weighted by molar-refractivity contribution is -0.361. The largest absolute Gasteiger partial charge is 0.457 e. The lowest BCUT2D eigenvalue weighted by Gasteiger charge is -2.48. The lowest BCUT2D eigenvalue weighted by Crippen LogP contribution is -2.64. The van der Waals surface area contributed by atoms with Crippen LogP contribution in [0.4, 0.5) is 0 Å². The molecular weight excluding hydrogens is 883 g/mol. The lowest BCUT2D eigenvalue weighted by atomic mass is 9.77. The van der Waals surface area contributed by atoms with E-state index in [0.717, 1.165) is 5.56 Å². The Morgan fingerprint density at radius 3 is 2.19 bits per heavy atom. The molecule has 16 heteroatoms. The molecular formula is C43H63IO15. The minimum atomic E-state index is -2.03. The Morgan fingerprint density at radius 1 is 0.831 bits per heavy atom. The summed E-state index contributed by atoms with van der Waals surface area (Å²) in [5.74, 6) is -3.83. The molecule has 1 N–H and O–H groups in total. The maximum Gasteiger partial charge on any atom is 0.309 e. The van der Waals surface area contributed by atoms with Crippen molar-refractivity contribution in [2.75, 3.05) is 35.0 Å². The molecule has 332 valence electrons. The van der Waals surface area contributed by atoms with Crippen LogP contribution in [0.2, 0.25) is 0 Å². The molecule has 59 heavy (non-hydrogen) atoms. The van der Waals surface area contributed by atoms with Crippen molar-refractivity contribution >= 4 is 34.3 Å². The number of ether oxygens (including phenoxy) is 12. The van der Waals surface area contributed by atoms with Crippen LogP contribution in [0.1, 0.15) is 65.9 Å². The van der Waals surface area contributed by atoms with E-state index in [1.807, 2.05) is 58.0 Å². The first-order valence-corrected chi connectivity index (χ1v) is 21.8. The van der Waals surface area contributed by atoms with Gasteiger partial charge in [-0.2, -0.15) is 0 Å². The highest BCUT2D eigenvalue weighted by atomic mass is 127. The molecule has 1 aromatic carbocycles. The molecule has 1 aromatic rings. The second kappa shape index (κ2) is 20.2. The number of ketones is 1. The first-order valence-electron chi connectivity index (χ1n) is 20.6. The molecule has 0 radical (unpaired) electrons. The zero-order valence-corrected chi connectivity index (χ0v) is 37.7. The van der Waals surface area contributed by atoms with Gasteiger partial charge < -0.3 is 61.9 Å². The summed E-state index contributed by atoms with van der Waals surface area (Å²) in [7, 11) is 6.28. The number of rotatable bonds is 12. The van der Waals surface area contributed by atoms with Gasteiger partial charge in [0.2, 0.25) is 5.79 Å². The summed E-state index contributed by atoms with van der Waals surface area (Å²) in [5, 5.41) is 11.8. The number of fused-ring (bicyclic) bond motifs is 4. The average molecular weight is 947 g/mol. The van der Waals surface area contributed by atoms with Gasteiger partial charge in [-0.05, 0) is 29.1 Å². The third-order valence-electron chi connectivity index (χ3n) is 13.0. The summed E-state index contributed by atoms with van der Waals surface area (Å²) < 4.78 is 77.0. The summed E-state index contributed by atoms with van der Waals surface area (Å²) in [6.45, 7) is 9.94. The molecule has 17 atom stereocenters. The molecule has 5 aliphatic rings. The van der Waals surface area contributed by atoms with Gasteiger partial charge in [-0.25, -0.2) is 0 Å². The summed E-state index contributed by atoms with van der Waals surface area (Å²) in [5.41, 5.74) is 0.263. The minimum absolute atomic E-state index is 0.0807. The number of hydrogen-bond acceptors (Lipinski definition) is 15. The van der Waals surface area contributed by atoms with Crippen molar-refractivity contribution in [3.05, 3.63) is 46.1 Å². The molecule has 0 saturated carbocycles. The van der Waals surface area contributed by atoms with Gasteiger partial charge in [-0.1, -0.05) is 80.6 Å². The Bertz CT molecular complexity index is 1560. The van der Waals surface area contributed by atoms with Gasteiger partial charge in [0.15, 0.2) is 18.4 Å². The number of methoxy groups -OCH3 is 4. The Balaban J connectivity index is 1.21. The number of hydrogen-bond donors (Lipinski definition) is 1. The van der Waals surface area contributed by atoms with Gasteiger partial charge >= 0.3 is 5.97 Å². The zero-order chi connectivity index (χ0) is 42.6. The molecule has 0 unspecified atom stereocenters. The van der Waals surface area contributed by atoms with Crippen molar-refractivity contribution in [1.82, 2.24) is 0 Å². The number of esters is 1. The molecule has 0 aliphatic carbocycles. The van der Waals surface area contributed by atoms with Crippen LogP contribution in [0, 0.1) is 17.3 Å². The molecule has 5 fully saturated rings. The Morgan fingerprint density at radius 2 is 1.53 bits per heavy atom. The summed E-state index contributed by atoms with van der Waals surface area (Å²) in [4.78, 5) is 27.7. The van der Waals surface area contributed by atoms with Crippen LogP contribution in [0.5, 0.6) is 0 Å². The highest BCUT2D eigenvalue weighted by Crippen LogP contribution is 2.46. The smallest absolute Gasteiger partial charge is 0.309 e. The van der Waals surface area contributed by atoms with Crippen LogP contribution in [-0.4, -0.2) is 144 Å². The van der Waals surface area contributed by atoms with E-state index in [4.69, 9.17) is 56.8 Å². The number of benzene rings is 1. The van der Waals surface area contributed by atoms with Crippen LogP contribution in [0.25, 0.3) is 0 Å². The average Bonchev–Trinajstić information content (AvgIpc) is 3.54. The molecule has 6 rings (SSSR count). The van der Waals surface area contributed by atoms with Crippen molar-refractivity contribution in [1.29, 1.82) is 0 Å². The molecule has 0 spiro atoms. The van der Waals surface area contributed by atoms with Gasteiger partial charge in [-0.15, -0.1) is 0 Å². The fourth-order valence-corrected chi connectivity index (χ4v) is 9.51. The number of carbonyl (C=O) groups is 2. The molecule has 15 nitrogen and oxygen atoms in total. The molecule has 5 heterocycles. The van der Waals surface area contributed by atoms with Crippen molar-refractivity contribution in [3.8, 4) is 0 Å². The van der Waals surface area contributed by atoms with E-state index < -0.39 is 115 Å². The first kappa shape index (κ1) is 46.8. The van der Waals surface area contributed by atoms with E-state index in [2.05, 4.69) is 22.6 Å². The fourth-order valence-electron chi connectivity index (χ4n) is 9.14. The predicted molar refractivity (Wildman–Crippen MR) is 219 cm³/mol. The van der Waals surface area contributed by atoms with Gasteiger partial charge in [0.05, 0.1) is 50.2 Å². The quantitative estimate of drug-likeness (QED) is 0.227. The molecule has 5 saturated heterocycles. The van der Waals surface area contributed by atoms with Crippen LogP contribution in [0.3, 0.4) is 0 Å². The van der Waals surface area contributed by atoms with E-state index in [1.165, 1.54) is 7.11 Å². The molecule has 4 bridgehead atoms. The number of aliphatic hydroxyl groups is 1. The van der Waals surface area contributed by atoms with Crippen LogP contribution in [-0.2, 0) is 73.0 Å². The highest BCUT2D eigenvalue weighted by molar-refractivity contribution is 14.1. The predicted octanol–water partition coefficient (Wildman–Crippen LogP) is 4.66. The topological polar surface area (TPSA) is 165 Å². The summed E-state index contributed by atoms with van der Waals surface area (Å²) in [6, 6.07) is 9.87. The van der Waals surface area contributed by atoms with E-state index in [9.17, 15) is 14.7 Å². The standard InChI is InChI=1S/C43H63IO15/c1-23-17-33-42(4,5)32(15-16-44)57-34(46)20-29-24(2)28(18-27(55-29)19-31(45)43(23,47)59-33)56-40-38(50-8)36(30(48-6)22-53-40)58-41-39(51-9)37(49-7)35(25(3)54-41)52-21-26-13-11-10-12-14-26/h10-16,23-25,27-30,32-33,35-41,47H,17-22H2,1-9H3/b16-15+/t23-,24-,25+,27+,28+,29+,30-,32+,33-,35-,36+,37-,38-,39+,40+,41+,43-/m1/s1. The summed E-state index contributed by atoms with van der Waals surface area (Å²) in [6.07, 6.45) is -7.10. The Labute approximate surface area is 361 Å². The number of Topliss-reactive ketones (excluding diaryl/α,β-unsaturated/α-hetero) is 1. The maximum atomic E-state index is 14.0. The second-order valence-electron chi connectivity index (χ2n) is 17.0. The van der Waals surface area contributed by atoms with Gasteiger partial charge in [0, 0.05) is 58.5 Å².